The topological polar surface area (TPSA) is 98.7 Å². The quantitative estimate of drug-likeness (QED) is 0.509. The summed E-state index contributed by atoms with van der Waals surface area (Å²) < 4.78 is 16.2. The van der Waals surface area contributed by atoms with Crippen LogP contribution < -0.4 is 11.1 Å². The van der Waals surface area contributed by atoms with E-state index in [2.05, 4.69) is 27.3 Å². The number of nitrogen functional groups attached to an aromatic ring is 1. The van der Waals surface area contributed by atoms with E-state index in [1.165, 1.54) is 6.07 Å². The van der Waals surface area contributed by atoms with Gasteiger partial charge in [-0.3, -0.25) is 9.48 Å². The summed E-state index contributed by atoms with van der Waals surface area (Å²) in [4.78, 5) is 21.6. The molecule has 0 aliphatic heterocycles. The van der Waals surface area contributed by atoms with Crippen molar-refractivity contribution in [1.82, 2.24) is 19.7 Å². The van der Waals surface area contributed by atoms with E-state index >= 15 is 0 Å². The molecule has 162 valence electrons. The van der Waals surface area contributed by atoms with Crippen molar-refractivity contribution >= 4 is 28.3 Å². The summed E-state index contributed by atoms with van der Waals surface area (Å²) in [7, 11) is 1.86. The highest BCUT2D eigenvalue weighted by Gasteiger charge is 2.52. The molecule has 1 amide bonds. The average molecular weight is 430 g/mol. The Kier molecular flexibility index (Phi) is 4.65. The highest BCUT2D eigenvalue weighted by molar-refractivity contribution is 5.99. The Morgan fingerprint density at radius 1 is 1.25 bits per heavy atom. The number of hydrogen-bond acceptors (Lipinski definition) is 5. The van der Waals surface area contributed by atoms with Gasteiger partial charge >= 0.3 is 0 Å². The van der Waals surface area contributed by atoms with Gasteiger partial charge in [-0.05, 0) is 47.6 Å². The fourth-order valence-electron chi connectivity index (χ4n) is 4.52. The number of benzene rings is 1. The van der Waals surface area contributed by atoms with Crippen molar-refractivity contribution in [3.63, 3.8) is 0 Å². The van der Waals surface area contributed by atoms with E-state index in [0.29, 0.717) is 22.5 Å². The maximum atomic E-state index is 14.5. The van der Waals surface area contributed by atoms with Gasteiger partial charge in [0.25, 0.3) is 0 Å². The van der Waals surface area contributed by atoms with E-state index in [1.54, 1.807) is 29.1 Å². The smallest absolute Gasteiger partial charge is 0.229 e. The minimum absolute atomic E-state index is 0.0783. The number of carbonyl (C=O) groups is 1. The summed E-state index contributed by atoms with van der Waals surface area (Å²) in [6, 6.07) is 8.41. The van der Waals surface area contributed by atoms with Crippen LogP contribution in [0, 0.1) is 24.6 Å². The molecule has 0 saturated heterocycles. The van der Waals surface area contributed by atoms with Crippen LogP contribution in [0.5, 0.6) is 0 Å². The fraction of sp³-hybridized carbons (Fsp3) is 0.250. The number of nitrogens with zero attached hydrogens (tertiary/aromatic N) is 4. The van der Waals surface area contributed by atoms with E-state index in [9.17, 15) is 9.18 Å². The molecular weight excluding hydrogens is 407 g/mol. The number of halogens is 1. The Morgan fingerprint density at radius 3 is 2.78 bits per heavy atom. The zero-order valence-corrected chi connectivity index (χ0v) is 18.0. The molecule has 1 aliphatic rings. The molecule has 1 aliphatic carbocycles. The zero-order chi connectivity index (χ0) is 22.6. The third kappa shape index (κ3) is 3.37. The third-order valence-electron chi connectivity index (χ3n) is 6.27. The molecule has 1 fully saturated rings. The summed E-state index contributed by atoms with van der Waals surface area (Å²) in [5.74, 6) is 0.505. The molecule has 1 aromatic carbocycles. The lowest BCUT2D eigenvalue weighted by molar-refractivity contribution is -0.117. The molecule has 4 aromatic rings. The van der Waals surface area contributed by atoms with Crippen LogP contribution in [-0.4, -0.2) is 25.7 Å². The van der Waals surface area contributed by atoms with E-state index in [-0.39, 0.29) is 35.3 Å². The number of nitrogens with one attached hydrogen (secondary N) is 1. The summed E-state index contributed by atoms with van der Waals surface area (Å²) in [5.41, 5.74) is 8.83. The van der Waals surface area contributed by atoms with E-state index in [0.717, 1.165) is 16.5 Å². The molecule has 32 heavy (non-hydrogen) atoms. The summed E-state index contributed by atoms with van der Waals surface area (Å²) in [5, 5.41) is 8.50. The van der Waals surface area contributed by atoms with Crippen molar-refractivity contribution in [2.45, 2.75) is 19.8 Å². The second kappa shape index (κ2) is 7.40. The number of amides is 1. The predicted molar refractivity (Wildman–Crippen MR) is 121 cm³/mol. The molecule has 0 radical (unpaired) electrons. The fourth-order valence-corrected chi connectivity index (χ4v) is 4.52. The molecule has 5 rings (SSSR count). The minimum atomic E-state index is -0.358. The first kappa shape index (κ1) is 20.1. The molecule has 0 unspecified atom stereocenters. The minimum Gasteiger partial charge on any atom is -0.383 e. The van der Waals surface area contributed by atoms with Gasteiger partial charge in [-0.15, -0.1) is 0 Å². The first-order valence-corrected chi connectivity index (χ1v) is 10.4. The van der Waals surface area contributed by atoms with Crippen molar-refractivity contribution in [3.05, 3.63) is 65.9 Å². The summed E-state index contributed by atoms with van der Waals surface area (Å²) in [6.07, 6.45) is 5.34. The zero-order valence-electron chi connectivity index (χ0n) is 18.0. The van der Waals surface area contributed by atoms with Crippen LogP contribution in [0.2, 0.25) is 0 Å². The van der Waals surface area contributed by atoms with Crippen LogP contribution in [0.4, 0.5) is 16.0 Å². The second-order valence-electron chi connectivity index (χ2n) is 8.46. The molecule has 3 atom stereocenters. The molecular formula is C24H23FN6O. The van der Waals surface area contributed by atoms with Gasteiger partial charge < -0.3 is 11.1 Å². The first-order valence-electron chi connectivity index (χ1n) is 10.4. The van der Waals surface area contributed by atoms with Crippen molar-refractivity contribution in [3.8, 4) is 11.3 Å². The molecule has 0 bridgehead atoms. The average Bonchev–Trinajstić information content (AvgIpc) is 3.22. The number of nitrogens with two attached hydrogens (primary N) is 1. The lowest BCUT2D eigenvalue weighted by atomic mass is 10.0. The van der Waals surface area contributed by atoms with Crippen molar-refractivity contribution in [1.29, 1.82) is 0 Å². The molecule has 3 N–H and O–H groups in total. The number of carbonyl (C=O) groups excluding carboxylic acids is 1. The Labute approximate surface area is 184 Å². The molecule has 7 nitrogen and oxygen atoms in total. The molecule has 8 heteroatoms. The highest BCUT2D eigenvalue weighted by atomic mass is 19.1. The van der Waals surface area contributed by atoms with Gasteiger partial charge in [0.2, 0.25) is 5.91 Å². The number of anilines is 2. The Hall–Kier alpha value is -3.81. The predicted octanol–water partition coefficient (Wildman–Crippen LogP) is 4.05. The summed E-state index contributed by atoms with van der Waals surface area (Å²) >= 11 is 0. The van der Waals surface area contributed by atoms with Crippen molar-refractivity contribution in [2.75, 3.05) is 11.1 Å². The molecule has 0 spiro atoms. The van der Waals surface area contributed by atoms with Gasteiger partial charge in [0.1, 0.15) is 17.5 Å². The lowest BCUT2D eigenvalue weighted by Gasteiger charge is -2.11. The highest BCUT2D eigenvalue weighted by Crippen LogP contribution is 2.54. The molecule has 3 aromatic heterocycles. The maximum Gasteiger partial charge on any atom is 0.229 e. The van der Waals surface area contributed by atoms with E-state index in [1.807, 2.05) is 32.4 Å². The number of fused-ring (bicyclic) bond motifs is 1. The van der Waals surface area contributed by atoms with E-state index < -0.39 is 0 Å². The van der Waals surface area contributed by atoms with Crippen LogP contribution >= 0.6 is 0 Å². The van der Waals surface area contributed by atoms with Gasteiger partial charge in [-0.1, -0.05) is 19.1 Å². The number of aryl methyl sites for hydroxylation is 2. The normalized spacial score (nSPS) is 19.8. The monoisotopic (exact) mass is 430 g/mol. The number of aromatic nitrogens is 4. The van der Waals surface area contributed by atoms with Crippen molar-refractivity contribution < 1.29 is 9.18 Å². The Balaban J connectivity index is 1.44. The number of hydrogen-bond donors (Lipinski definition) is 2. The summed E-state index contributed by atoms with van der Waals surface area (Å²) in [6.45, 7) is 3.89. The van der Waals surface area contributed by atoms with Gasteiger partial charge in [0.15, 0.2) is 0 Å². The van der Waals surface area contributed by atoms with Crippen LogP contribution in [-0.2, 0) is 11.8 Å². The SMILES string of the molecule is Cc1cccc(F)c1-c1cc2cc(NC(=O)[C@@H]3[C@H](C)[C@H]3c3cnn(C)c3)ncc2c(N)n1. The van der Waals surface area contributed by atoms with Crippen LogP contribution in [0.3, 0.4) is 0 Å². The van der Waals surface area contributed by atoms with Crippen molar-refractivity contribution in [2.24, 2.45) is 18.9 Å². The number of rotatable bonds is 4. The van der Waals surface area contributed by atoms with Crippen LogP contribution in [0.15, 0.2) is 48.9 Å². The Bertz CT molecular complexity index is 1340. The Morgan fingerprint density at radius 2 is 2.06 bits per heavy atom. The molecule has 3 heterocycles. The third-order valence-corrected chi connectivity index (χ3v) is 6.27. The van der Waals surface area contributed by atoms with Crippen LogP contribution in [0.25, 0.3) is 22.0 Å². The van der Waals surface area contributed by atoms with E-state index in [4.69, 9.17) is 5.73 Å². The van der Waals surface area contributed by atoms with Gasteiger partial charge in [0, 0.05) is 42.2 Å². The maximum absolute atomic E-state index is 14.5. The lowest BCUT2D eigenvalue weighted by Crippen LogP contribution is -2.16. The van der Waals surface area contributed by atoms with Gasteiger partial charge in [-0.25, -0.2) is 14.4 Å². The van der Waals surface area contributed by atoms with Gasteiger partial charge in [0.05, 0.1) is 11.9 Å². The second-order valence-corrected chi connectivity index (χ2v) is 8.46. The standard InChI is InChI=1S/C24H23FN6O/c1-12-5-4-6-17(25)20(12)18-7-14-8-19(27-10-16(14)23(26)29-18)30-24(32)22-13(2)21(22)15-9-28-31(3)11-15/h4-11,13,21-22H,1-3H3,(H2,26,29)(H,27,30,32)/t13-,21+,22-/m1/s1. The van der Waals surface area contributed by atoms with Gasteiger partial charge in [-0.2, -0.15) is 5.10 Å². The largest absolute Gasteiger partial charge is 0.383 e. The number of pyridine rings is 2. The first-order chi connectivity index (χ1) is 15.3. The van der Waals surface area contributed by atoms with Crippen LogP contribution in [0.1, 0.15) is 24.0 Å². The molecule has 1 saturated carbocycles.